The van der Waals surface area contributed by atoms with Gasteiger partial charge in [-0.1, -0.05) is 12.1 Å². The van der Waals surface area contributed by atoms with Crippen LogP contribution >= 0.6 is 0 Å². The molecule has 9 heteroatoms. The second-order valence-corrected chi connectivity index (χ2v) is 5.63. The number of nitro benzene ring substituents is 1. The number of carbonyl (C=O) groups is 2. The summed E-state index contributed by atoms with van der Waals surface area (Å²) in [6, 6.07) is 4.55. The molecule has 2 rings (SSSR count). The molecule has 2 amide bonds. The first-order chi connectivity index (χ1) is 12.4. The lowest BCUT2D eigenvalue weighted by Crippen LogP contribution is -2.46. The molecule has 0 spiro atoms. The molecule has 26 heavy (non-hydrogen) atoms. The fourth-order valence-electron chi connectivity index (χ4n) is 2.58. The molecule has 0 fully saturated rings. The Hall–Kier alpha value is -2.94. The average molecular weight is 363 g/mol. The van der Waals surface area contributed by atoms with Crippen LogP contribution in [0.15, 0.2) is 35.5 Å². The van der Waals surface area contributed by atoms with Crippen LogP contribution < -0.4 is 5.32 Å². The summed E-state index contributed by atoms with van der Waals surface area (Å²) >= 11 is 0. The molecule has 1 atom stereocenters. The minimum atomic E-state index is -0.835. The number of carbonyl (C=O) groups excluding carboxylic acids is 2. The van der Waals surface area contributed by atoms with Crippen LogP contribution in [0.4, 0.5) is 10.5 Å². The minimum Gasteiger partial charge on any atom is -0.460 e. The summed E-state index contributed by atoms with van der Waals surface area (Å²) in [5.41, 5.74) is 0.949. The van der Waals surface area contributed by atoms with Crippen LogP contribution in [0.2, 0.25) is 0 Å². The number of rotatable bonds is 7. The maximum atomic E-state index is 12.6. The Kier molecular flexibility index (Phi) is 6.29. The van der Waals surface area contributed by atoms with Crippen LogP contribution in [0, 0.1) is 10.1 Å². The summed E-state index contributed by atoms with van der Waals surface area (Å²) in [5.74, 6) is -0.606. The number of esters is 1. The Labute approximate surface area is 150 Å². The summed E-state index contributed by atoms with van der Waals surface area (Å²) < 4.78 is 10.4. The number of hydrogen-bond acceptors (Lipinski definition) is 6. The van der Waals surface area contributed by atoms with Gasteiger partial charge in [-0.15, -0.1) is 0 Å². The highest BCUT2D eigenvalue weighted by molar-refractivity contribution is 5.95. The number of allylic oxidation sites excluding steroid dienone is 1. The van der Waals surface area contributed by atoms with Crippen molar-refractivity contribution in [3.8, 4) is 0 Å². The fraction of sp³-hybridized carbons (Fsp3) is 0.412. The number of nitrogens with zero attached hydrogens (tertiary/aromatic N) is 2. The van der Waals surface area contributed by atoms with Crippen molar-refractivity contribution in [3.63, 3.8) is 0 Å². The molecule has 1 aliphatic heterocycles. The highest BCUT2D eigenvalue weighted by Gasteiger charge is 2.35. The molecule has 1 aromatic rings. The number of urea groups is 1. The third-order valence-corrected chi connectivity index (χ3v) is 4.05. The molecule has 1 aromatic carbocycles. The average Bonchev–Trinajstić information content (AvgIpc) is 2.63. The monoisotopic (exact) mass is 363 g/mol. The van der Waals surface area contributed by atoms with Crippen molar-refractivity contribution in [2.75, 3.05) is 26.9 Å². The van der Waals surface area contributed by atoms with Crippen molar-refractivity contribution in [1.82, 2.24) is 10.2 Å². The van der Waals surface area contributed by atoms with E-state index in [2.05, 4.69) is 5.32 Å². The van der Waals surface area contributed by atoms with E-state index < -0.39 is 23.0 Å². The second kappa shape index (κ2) is 8.43. The second-order valence-electron chi connectivity index (χ2n) is 5.63. The molecule has 140 valence electrons. The highest BCUT2D eigenvalue weighted by Crippen LogP contribution is 2.32. The normalized spacial score (nSPS) is 17.1. The van der Waals surface area contributed by atoms with E-state index in [1.165, 1.54) is 30.1 Å². The summed E-state index contributed by atoms with van der Waals surface area (Å²) in [6.45, 7) is 4.30. The molecule has 0 aromatic heterocycles. The van der Waals surface area contributed by atoms with Crippen molar-refractivity contribution in [2.24, 2.45) is 0 Å². The van der Waals surface area contributed by atoms with Crippen molar-refractivity contribution < 1.29 is 24.0 Å². The van der Waals surface area contributed by atoms with Gasteiger partial charge in [0.25, 0.3) is 5.69 Å². The highest BCUT2D eigenvalue weighted by atomic mass is 16.6. The smallest absolute Gasteiger partial charge is 0.338 e. The van der Waals surface area contributed by atoms with E-state index in [0.29, 0.717) is 17.9 Å². The molecular weight excluding hydrogens is 342 g/mol. The maximum absolute atomic E-state index is 12.6. The standard InChI is InChI=1S/C17H21N3O6/c1-4-25-8-9-26-16(21)14-11(2)19(3)17(22)18-15(14)12-6-5-7-13(10-12)20(23)24/h5-7,10,15H,4,8-9H2,1-3H3,(H,18,22)/t15-/m1/s1. The SMILES string of the molecule is CCOCCOC(=O)C1=C(C)N(C)C(=O)N[C@@H]1c1cccc([N+](=O)[O-])c1. The van der Waals surface area contributed by atoms with Gasteiger partial charge in [-0.3, -0.25) is 10.1 Å². The first-order valence-corrected chi connectivity index (χ1v) is 8.11. The topological polar surface area (TPSA) is 111 Å². The minimum absolute atomic E-state index is 0.0722. The van der Waals surface area contributed by atoms with Gasteiger partial charge in [0.2, 0.25) is 0 Å². The van der Waals surface area contributed by atoms with Crippen molar-refractivity contribution in [2.45, 2.75) is 19.9 Å². The molecule has 1 N–H and O–H groups in total. The van der Waals surface area contributed by atoms with E-state index in [-0.39, 0.29) is 24.5 Å². The zero-order valence-corrected chi connectivity index (χ0v) is 14.9. The van der Waals surface area contributed by atoms with Gasteiger partial charge < -0.3 is 19.7 Å². The van der Waals surface area contributed by atoms with Crippen LogP contribution in [0.25, 0.3) is 0 Å². The number of nitro groups is 1. The van der Waals surface area contributed by atoms with E-state index in [0.717, 1.165) is 0 Å². The lowest BCUT2D eigenvalue weighted by Gasteiger charge is -2.33. The predicted octanol–water partition coefficient (Wildman–Crippen LogP) is 2.14. The lowest BCUT2D eigenvalue weighted by molar-refractivity contribution is -0.384. The third-order valence-electron chi connectivity index (χ3n) is 4.05. The van der Waals surface area contributed by atoms with Gasteiger partial charge in [-0.25, -0.2) is 9.59 Å². The molecule has 9 nitrogen and oxygen atoms in total. The first-order valence-electron chi connectivity index (χ1n) is 8.11. The van der Waals surface area contributed by atoms with Gasteiger partial charge in [-0.2, -0.15) is 0 Å². The molecule has 0 unspecified atom stereocenters. The Balaban J connectivity index is 2.35. The van der Waals surface area contributed by atoms with E-state index in [9.17, 15) is 19.7 Å². The van der Waals surface area contributed by atoms with Gasteiger partial charge in [0.15, 0.2) is 0 Å². The molecule has 0 saturated heterocycles. The largest absolute Gasteiger partial charge is 0.460 e. The van der Waals surface area contributed by atoms with Crippen LogP contribution in [-0.2, 0) is 14.3 Å². The van der Waals surface area contributed by atoms with Crippen LogP contribution in [0.3, 0.4) is 0 Å². The van der Waals surface area contributed by atoms with Crippen molar-refractivity contribution in [3.05, 3.63) is 51.2 Å². The molecule has 0 bridgehead atoms. The zero-order valence-electron chi connectivity index (χ0n) is 14.9. The van der Waals surface area contributed by atoms with Crippen LogP contribution in [-0.4, -0.2) is 48.7 Å². The number of nitrogens with one attached hydrogen (secondary N) is 1. The van der Waals surface area contributed by atoms with Crippen molar-refractivity contribution in [1.29, 1.82) is 0 Å². The molecular formula is C17H21N3O6. The van der Waals surface area contributed by atoms with E-state index >= 15 is 0 Å². The Morgan fingerprint density at radius 2 is 2.12 bits per heavy atom. The number of hydrogen-bond donors (Lipinski definition) is 1. The Morgan fingerprint density at radius 1 is 1.38 bits per heavy atom. The summed E-state index contributed by atoms with van der Waals surface area (Å²) in [6.07, 6.45) is 0. The number of ether oxygens (including phenoxy) is 2. The van der Waals surface area contributed by atoms with Crippen molar-refractivity contribution >= 4 is 17.7 Å². The quantitative estimate of drug-likeness (QED) is 0.344. The molecule has 0 aliphatic carbocycles. The van der Waals surface area contributed by atoms with Gasteiger partial charge in [-0.05, 0) is 19.4 Å². The molecule has 1 aliphatic rings. The summed E-state index contributed by atoms with van der Waals surface area (Å²) in [7, 11) is 1.53. The molecule has 0 saturated carbocycles. The van der Waals surface area contributed by atoms with Gasteiger partial charge in [0, 0.05) is 31.5 Å². The molecule has 1 heterocycles. The summed E-state index contributed by atoms with van der Waals surface area (Å²) in [4.78, 5) is 36.5. The number of amides is 2. The van der Waals surface area contributed by atoms with Gasteiger partial charge in [0.1, 0.15) is 6.61 Å². The van der Waals surface area contributed by atoms with Crippen LogP contribution in [0.1, 0.15) is 25.5 Å². The first kappa shape index (κ1) is 19.4. The summed E-state index contributed by atoms with van der Waals surface area (Å²) in [5, 5.41) is 13.7. The molecule has 0 radical (unpaired) electrons. The van der Waals surface area contributed by atoms with E-state index in [4.69, 9.17) is 9.47 Å². The number of non-ortho nitro benzene ring substituents is 1. The van der Waals surface area contributed by atoms with E-state index in [1.54, 1.807) is 13.0 Å². The van der Waals surface area contributed by atoms with Gasteiger partial charge in [0.05, 0.1) is 23.1 Å². The fourth-order valence-corrected chi connectivity index (χ4v) is 2.58. The maximum Gasteiger partial charge on any atom is 0.338 e. The number of benzene rings is 1. The Morgan fingerprint density at radius 3 is 2.77 bits per heavy atom. The predicted molar refractivity (Wildman–Crippen MR) is 92.3 cm³/mol. The zero-order chi connectivity index (χ0) is 19.3. The van der Waals surface area contributed by atoms with E-state index in [1.807, 2.05) is 6.92 Å². The van der Waals surface area contributed by atoms with Gasteiger partial charge >= 0.3 is 12.0 Å². The Bertz CT molecular complexity index is 746. The lowest BCUT2D eigenvalue weighted by atomic mass is 9.95. The third kappa shape index (κ3) is 4.17. The van der Waals surface area contributed by atoms with Crippen LogP contribution in [0.5, 0.6) is 0 Å².